The Labute approximate surface area is 121 Å². The molecule has 0 amide bonds. The van der Waals surface area contributed by atoms with Gasteiger partial charge in [-0.25, -0.2) is 4.98 Å². The Kier molecular flexibility index (Phi) is 3.53. The van der Waals surface area contributed by atoms with Gasteiger partial charge >= 0.3 is 0 Å². The number of nitrogens with two attached hydrogens (primary N) is 1. The van der Waals surface area contributed by atoms with Gasteiger partial charge in [0.05, 0.1) is 0 Å². The van der Waals surface area contributed by atoms with E-state index >= 15 is 0 Å². The number of hydrogen-bond acceptors (Lipinski definition) is 3. The lowest BCUT2D eigenvalue weighted by Gasteiger charge is -2.37. The second-order valence-electron chi connectivity index (χ2n) is 4.82. The largest absolute Gasteiger partial charge is 0.348 e. The van der Waals surface area contributed by atoms with Crippen LogP contribution in [0.15, 0.2) is 47.1 Å². The van der Waals surface area contributed by atoms with Crippen LogP contribution in [0.1, 0.15) is 11.1 Å². The highest BCUT2D eigenvalue weighted by Gasteiger charge is 2.25. The van der Waals surface area contributed by atoms with Crippen molar-refractivity contribution in [3.63, 3.8) is 0 Å². The fraction of sp³-hybridized carbons (Fsp3) is 0.267. The van der Waals surface area contributed by atoms with E-state index in [2.05, 4.69) is 50.1 Å². The Balaban J connectivity index is 1.95. The standard InChI is InChI=1S/C15H16BrN3/c16-13-5-6-15(18-9-13)19-10-12-4-2-1-3-11(12)7-14(19)8-17/h1-6,9,14H,7-8,10,17H2. The van der Waals surface area contributed by atoms with Crippen LogP contribution in [0.4, 0.5) is 5.82 Å². The van der Waals surface area contributed by atoms with Crippen molar-refractivity contribution in [3.8, 4) is 0 Å². The monoisotopic (exact) mass is 317 g/mol. The summed E-state index contributed by atoms with van der Waals surface area (Å²) in [5.74, 6) is 0.994. The minimum absolute atomic E-state index is 0.323. The van der Waals surface area contributed by atoms with Gasteiger partial charge in [0.15, 0.2) is 0 Å². The molecule has 3 nitrogen and oxygen atoms in total. The molecular formula is C15H16BrN3. The van der Waals surface area contributed by atoms with Crippen LogP contribution in [-0.4, -0.2) is 17.6 Å². The van der Waals surface area contributed by atoms with E-state index in [9.17, 15) is 0 Å². The summed E-state index contributed by atoms with van der Waals surface area (Å²) in [6.07, 6.45) is 2.83. The molecule has 0 fully saturated rings. The molecule has 2 aromatic rings. The fourth-order valence-corrected chi connectivity index (χ4v) is 2.84. The molecule has 1 unspecified atom stereocenters. The van der Waals surface area contributed by atoms with Crippen LogP contribution in [0.5, 0.6) is 0 Å². The van der Waals surface area contributed by atoms with E-state index in [1.165, 1.54) is 11.1 Å². The predicted molar refractivity (Wildman–Crippen MR) is 81.1 cm³/mol. The maximum Gasteiger partial charge on any atom is 0.129 e. The third-order valence-corrected chi connectivity index (χ3v) is 4.10. The van der Waals surface area contributed by atoms with Gasteiger partial charge in [-0.1, -0.05) is 24.3 Å². The molecule has 1 aliphatic rings. The Hall–Kier alpha value is -1.39. The number of hydrogen-bond donors (Lipinski definition) is 1. The number of aromatic nitrogens is 1. The summed E-state index contributed by atoms with van der Waals surface area (Å²) in [6, 6.07) is 13.0. The quantitative estimate of drug-likeness (QED) is 0.926. The summed E-state index contributed by atoms with van der Waals surface area (Å²) in [4.78, 5) is 6.80. The predicted octanol–water partition coefficient (Wildman–Crippen LogP) is 2.73. The minimum Gasteiger partial charge on any atom is -0.348 e. The topological polar surface area (TPSA) is 42.1 Å². The van der Waals surface area contributed by atoms with Gasteiger partial charge in [0, 0.05) is 29.8 Å². The Bertz CT molecular complexity index is 568. The van der Waals surface area contributed by atoms with Crippen molar-refractivity contribution in [2.75, 3.05) is 11.4 Å². The van der Waals surface area contributed by atoms with Crippen LogP contribution in [0.25, 0.3) is 0 Å². The van der Waals surface area contributed by atoms with Gasteiger partial charge in [-0.05, 0) is 45.6 Å². The molecule has 0 spiro atoms. The molecule has 19 heavy (non-hydrogen) atoms. The molecule has 0 aliphatic carbocycles. The average molecular weight is 318 g/mol. The second kappa shape index (κ2) is 5.31. The smallest absolute Gasteiger partial charge is 0.129 e. The molecule has 0 saturated heterocycles. The highest BCUT2D eigenvalue weighted by Crippen LogP contribution is 2.27. The van der Waals surface area contributed by atoms with E-state index in [4.69, 9.17) is 5.73 Å². The molecule has 1 aromatic heterocycles. The lowest BCUT2D eigenvalue weighted by Crippen LogP contribution is -2.45. The summed E-state index contributed by atoms with van der Waals surface area (Å²) in [5.41, 5.74) is 8.72. The van der Waals surface area contributed by atoms with Crippen molar-refractivity contribution in [3.05, 3.63) is 58.2 Å². The number of anilines is 1. The van der Waals surface area contributed by atoms with Gasteiger partial charge in [-0.3, -0.25) is 0 Å². The van der Waals surface area contributed by atoms with Gasteiger partial charge in [0.25, 0.3) is 0 Å². The Morgan fingerprint density at radius 2 is 2.00 bits per heavy atom. The highest BCUT2D eigenvalue weighted by atomic mass is 79.9. The number of benzene rings is 1. The number of fused-ring (bicyclic) bond motifs is 1. The molecule has 2 N–H and O–H groups in total. The van der Waals surface area contributed by atoms with Gasteiger partial charge in [0.1, 0.15) is 5.82 Å². The van der Waals surface area contributed by atoms with E-state index in [1.807, 2.05) is 18.3 Å². The lowest BCUT2D eigenvalue weighted by molar-refractivity contribution is 0.556. The van der Waals surface area contributed by atoms with Gasteiger partial charge in [0.2, 0.25) is 0 Å². The first-order valence-electron chi connectivity index (χ1n) is 6.43. The van der Waals surface area contributed by atoms with E-state index in [0.717, 1.165) is 23.3 Å². The normalized spacial score (nSPS) is 18.2. The van der Waals surface area contributed by atoms with Crippen molar-refractivity contribution >= 4 is 21.7 Å². The molecule has 0 bridgehead atoms. The van der Waals surface area contributed by atoms with Gasteiger partial charge < -0.3 is 10.6 Å². The lowest BCUT2D eigenvalue weighted by atomic mass is 9.94. The Morgan fingerprint density at radius 3 is 2.68 bits per heavy atom. The van der Waals surface area contributed by atoms with Crippen LogP contribution in [0.3, 0.4) is 0 Å². The van der Waals surface area contributed by atoms with E-state index < -0.39 is 0 Å². The first kappa shape index (κ1) is 12.6. The molecule has 98 valence electrons. The summed E-state index contributed by atoms with van der Waals surface area (Å²) in [7, 11) is 0. The molecule has 4 heteroatoms. The van der Waals surface area contributed by atoms with Crippen LogP contribution < -0.4 is 10.6 Å². The van der Waals surface area contributed by atoms with Crippen molar-refractivity contribution in [2.24, 2.45) is 5.73 Å². The van der Waals surface area contributed by atoms with Crippen molar-refractivity contribution in [2.45, 2.75) is 19.0 Å². The molecule has 1 aliphatic heterocycles. The van der Waals surface area contributed by atoms with Crippen molar-refractivity contribution in [1.29, 1.82) is 0 Å². The second-order valence-corrected chi connectivity index (χ2v) is 5.74. The molecule has 0 radical (unpaired) electrons. The zero-order valence-electron chi connectivity index (χ0n) is 10.6. The van der Waals surface area contributed by atoms with Crippen LogP contribution in [-0.2, 0) is 13.0 Å². The van der Waals surface area contributed by atoms with Gasteiger partial charge in [-0.2, -0.15) is 0 Å². The maximum absolute atomic E-state index is 5.94. The summed E-state index contributed by atoms with van der Waals surface area (Å²) >= 11 is 3.42. The molecule has 0 saturated carbocycles. The van der Waals surface area contributed by atoms with Gasteiger partial charge in [-0.15, -0.1) is 0 Å². The van der Waals surface area contributed by atoms with Crippen LogP contribution >= 0.6 is 15.9 Å². The first-order valence-corrected chi connectivity index (χ1v) is 7.22. The average Bonchev–Trinajstić information content (AvgIpc) is 2.46. The zero-order chi connectivity index (χ0) is 13.2. The number of rotatable bonds is 2. The fourth-order valence-electron chi connectivity index (χ4n) is 2.60. The first-order chi connectivity index (χ1) is 9.28. The Morgan fingerprint density at radius 1 is 1.21 bits per heavy atom. The highest BCUT2D eigenvalue weighted by molar-refractivity contribution is 9.10. The molecule has 3 rings (SSSR count). The zero-order valence-corrected chi connectivity index (χ0v) is 12.2. The van der Waals surface area contributed by atoms with Crippen molar-refractivity contribution in [1.82, 2.24) is 4.98 Å². The third-order valence-electron chi connectivity index (χ3n) is 3.63. The number of halogens is 1. The molecule has 1 atom stereocenters. The minimum atomic E-state index is 0.323. The number of pyridine rings is 1. The third kappa shape index (κ3) is 2.51. The molecular weight excluding hydrogens is 302 g/mol. The van der Waals surface area contributed by atoms with E-state index in [-0.39, 0.29) is 0 Å². The van der Waals surface area contributed by atoms with E-state index in [1.54, 1.807) is 0 Å². The SMILES string of the molecule is NCC1Cc2ccccc2CN1c1ccc(Br)cn1. The number of nitrogens with zero attached hydrogens (tertiary/aromatic N) is 2. The maximum atomic E-state index is 5.94. The summed E-state index contributed by atoms with van der Waals surface area (Å²) < 4.78 is 0.998. The van der Waals surface area contributed by atoms with Crippen LogP contribution in [0, 0.1) is 0 Å². The summed E-state index contributed by atoms with van der Waals surface area (Å²) in [5, 5.41) is 0. The van der Waals surface area contributed by atoms with Crippen LogP contribution in [0.2, 0.25) is 0 Å². The molecule has 2 heterocycles. The molecule has 1 aromatic carbocycles. The van der Waals surface area contributed by atoms with E-state index in [0.29, 0.717) is 12.6 Å². The van der Waals surface area contributed by atoms with Crippen molar-refractivity contribution < 1.29 is 0 Å². The summed E-state index contributed by atoms with van der Waals surface area (Å²) in [6.45, 7) is 1.53.